The summed E-state index contributed by atoms with van der Waals surface area (Å²) in [7, 11) is 0. The van der Waals surface area contributed by atoms with Crippen LogP contribution in [0.5, 0.6) is 5.75 Å². The van der Waals surface area contributed by atoms with Crippen LogP contribution >= 0.6 is 0 Å². The Balaban J connectivity index is 2.02. The van der Waals surface area contributed by atoms with Crippen molar-refractivity contribution < 1.29 is 4.74 Å². The zero-order valence-electron chi connectivity index (χ0n) is 10.9. The Hall–Kier alpha value is -1.02. The average Bonchev–Trinajstić information content (AvgIpc) is 2.35. The molecule has 0 saturated heterocycles. The number of ether oxygens (including phenoxy) is 1. The van der Waals surface area contributed by atoms with E-state index >= 15 is 0 Å². The van der Waals surface area contributed by atoms with Crippen molar-refractivity contribution in [2.24, 2.45) is 11.7 Å². The minimum atomic E-state index is 0.401. The van der Waals surface area contributed by atoms with Crippen LogP contribution in [0.25, 0.3) is 0 Å². The smallest absolute Gasteiger partial charge is 0.122 e. The van der Waals surface area contributed by atoms with Crippen molar-refractivity contribution in [2.45, 2.75) is 52.2 Å². The third kappa shape index (κ3) is 3.22. The molecular formula is C15H23NO. The zero-order chi connectivity index (χ0) is 12.3. The molecule has 0 unspecified atom stereocenters. The second kappa shape index (κ2) is 5.54. The van der Waals surface area contributed by atoms with E-state index in [1.165, 1.54) is 31.2 Å². The summed E-state index contributed by atoms with van der Waals surface area (Å²) in [6, 6.07) is 6.27. The number of benzene rings is 1. The summed E-state index contributed by atoms with van der Waals surface area (Å²) in [5.41, 5.74) is 8.02. The van der Waals surface area contributed by atoms with Crippen molar-refractivity contribution in [3.05, 3.63) is 29.3 Å². The lowest BCUT2D eigenvalue weighted by atomic mass is 9.89. The lowest BCUT2D eigenvalue weighted by Gasteiger charge is -2.27. The highest BCUT2D eigenvalue weighted by Gasteiger charge is 2.20. The summed E-state index contributed by atoms with van der Waals surface area (Å²) in [4.78, 5) is 0. The fraction of sp³-hybridized carbons (Fsp3) is 0.600. The molecule has 94 valence electrons. The van der Waals surface area contributed by atoms with Crippen molar-refractivity contribution in [1.82, 2.24) is 0 Å². The van der Waals surface area contributed by atoms with E-state index in [4.69, 9.17) is 10.5 Å². The van der Waals surface area contributed by atoms with Gasteiger partial charge in [-0.25, -0.2) is 0 Å². The molecule has 1 aromatic rings. The molecule has 0 amide bonds. The zero-order valence-corrected chi connectivity index (χ0v) is 10.9. The van der Waals surface area contributed by atoms with Gasteiger partial charge < -0.3 is 10.5 Å². The molecule has 2 heteroatoms. The van der Waals surface area contributed by atoms with E-state index in [9.17, 15) is 0 Å². The Morgan fingerprint density at radius 1 is 1.24 bits per heavy atom. The Morgan fingerprint density at radius 2 is 1.94 bits per heavy atom. The first-order valence-corrected chi connectivity index (χ1v) is 6.65. The summed E-state index contributed by atoms with van der Waals surface area (Å²) in [5.74, 6) is 1.89. The molecule has 17 heavy (non-hydrogen) atoms. The third-order valence-corrected chi connectivity index (χ3v) is 3.74. The lowest BCUT2D eigenvalue weighted by Crippen LogP contribution is -2.23. The molecule has 0 radical (unpaired) electrons. The van der Waals surface area contributed by atoms with Gasteiger partial charge in [-0.05, 0) is 55.7 Å². The summed E-state index contributed by atoms with van der Waals surface area (Å²) in [6.07, 6.45) is 5.36. The molecule has 0 heterocycles. The maximum Gasteiger partial charge on any atom is 0.122 e. The van der Waals surface area contributed by atoms with E-state index in [0.29, 0.717) is 12.6 Å². The van der Waals surface area contributed by atoms with Crippen LogP contribution in [-0.4, -0.2) is 6.10 Å². The molecule has 2 rings (SSSR count). The highest BCUT2D eigenvalue weighted by Crippen LogP contribution is 2.29. The van der Waals surface area contributed by atoms with E-state index in [1.807, 2.05) is 0 Å². The Labute approximate surface area is 104 Å². The van der Waals surface area contributed by atoms with E-state index < -0.39 is 0 Å². The lowest BCUT2D eigenvalue weighted by molar-refractivity contribution is 0.134. The maximum atomic E-state index is 6.12. The molecule has 1 aliphatic rings. The monoisotopic (exact) mass is 233 g/mol. The van der Waals surface area contributed by atoms with E-state index in [2.05, 4.69) is 32.0 Å². The molecule has 0 bridgehead atoms. The number of hydrogen-bond donors (Lipinski definition) is 1. The second-order valence-corrected chi connectivity index (χ2v) is 5.30. The first-order chi connectivity index (χ1) is 8.19. The molecule has 0 aromatic heterocycles. The summed E-state index contributed by atoms with van der Waals surface area (Å²) >= 11 is 0. The van der Waals surface area contributed by atoms with Gasteiger partial charge in [-0.2, -0.15) is 0 Å². The number of aryl methyl sites for hydroxylation is 1. The molecule has 1 saturated carbocycles. The van der Waals surface area contributed by atoms with Crippen molar-refractivity contribution in [3.8, 4) is 5.75 Å². The van der Waals surface area contributed by atoms with Crippen molar-refractivity contribution in [2.75, 3.05) is 0 Å². The standard InChI is InChI=1S/C15H23NO/c1-11-3-7-14(8-4-11)17-15-9-13(10-16)6-5-12(15)2/h5-6,9,11,14H,3-4,7-8,10,16H2,1-2H3. The van der Waals surface area contributed by atoms with Crippen LogP contribution in [0.3, 0.4) is 0 Å². The van der Waals surface area contributed by atoms with E-state index in [0.717, 1.165) is 17.2 Å². The second-order valence-electron chi connectivity index (χ2n) is 5.30. The minimum Gasteiger partial charge on any atom is -0.490 e. The molecule has 2 N–H and O–H groups in total. The fourth-order valence-electron chi connectivity index (χ4n) is 2.43. The molecule has 1 aliphatic carbocycles. The molecule has 1 aromatic carbocycles. The number of rotatable bonds is 3. The van der Waals surface area contributed by atoms with Gasteiger partial charge in [-0.1, -0.05) is 19.1 Å². The minimum absolute atomic E-state index is 0.401. The van der Waals surface area contributed by atoms with Crippen LogP contribution in [0.15, 0.2) is 18.2 Å². The Bertz CT molecular complexity index is 367. The van der Waals surface area contributed by atoms with Crippen molar-refractivity contribution in [3.63, 3.8) is 0 Å². The maximum absolute atomic E-state index is 6.12. The normalized spacial score (nSPS) is 24.6. The Morgan fingerprint density at radius 3 is 2.59 bits per heavy atom. The molecule has 1 fully saturated rings. The van der Waals surface area contributed by atoms with Gasteiger partial charge >= 0.3 is 0 Å². The topological polar surface area (TPSA) is 35.2 Å². The molecule has 0 atom stereocenters. The van der Waals surface area contributed by atoms with Gasteiger partial charge in [-0.15, -0.1) is 0 Å². The van der Waals surface area contributed by atoms with E-state index in [1.54, 1.807) is 0 Å². The molecule has 2 nitrogen and oxygen atoms in total. The van der Waals surface area contributed by atoms with Gasteiger partial charge in [0, 0.05) is 6.54 Å². The summed E-state index contributed by atoms with van der Waals surface area (Å²) < 4.78 is 6.12. The van der Waals surface area contributed by atoms with Crippen LogP contribution in [0.4, 0.5) is 0 Å². The molecular weight excluding hydrogens is 210 g/mol. The van der Waals surface area contributed by atoms with Crippen LogP contribution in [0, 0.1) is 12.8 Å². The van der Waals surface area contributed by atoms with Gasteiger partial charge in [-0.3, -0.25) is 0 Å². The molecule has 0 aliphatic heterocycles. The highest BCUT2D eigenvalue weighted by atomic mass is 16.5. The average molecular weight is 233 g/mol. The largest absolute Gasteiger partial charge is 0.490 e. The Kier molecular flexibility index (Phi) is 4.06. The number of hydrogen-bond acceptors (Lipinski definition) is 2. The first kappa shape index (κ1) is 12.4. The quantitative estimate of drug-likeness (QED) is 0.868. The summed E-state index contributed by atoms with van der Waals surface area (Å²) in [5, 5.41) is 0. The predicted octanol–water partition coefficient (Wildman–Crippen LogP) is 3.41. The third-order valence-electron chi connectivity index (χ3n) is 3.74. The van der Waals surface area contributed by atoms with Crippen molar-refractivity contribution in [1.29, 1.82) is 0 Å². The van der Waals surface area contributed by atoms with Crippen LogP contribution in [-0.2, 0) is 6.54 Å². The van der Waals surface area contributed by atoms with Gasteiger partial charge in [0.2, 0.25) is 0 Å². The van der Waals surface area contributed by atoms with Gasteiger partial charge in [0.25, 0.3) is 0 Å². The predicted molar refractivity (Wildman–Crippen MR) is 71.1 cm³/mol. The van der Waals surface area contributed by atoms with Gasteiger partial charge in [0.1, 0.15) is 5.75 Å². The number of nitrogens with two attached hydrogens (primary N) is 1. The van der Waals surface area contributed by atoms with E-state index in [-0.39, 0.29) is 0 Å². The van der Waals surface area contributed by atoms with Gasteiger partial charge in [0.05, 0.1) is 6.10 Å². The van der Waals surface area contributed by atoms with Gasteiger partial charge in [0.15, 0.2) is 0 Å². The SMILES string of the molecule is Cc1ccc(CN)cc1OC1CCC(C)CC1. The van der Waals surface area contributed by atoms with Crippen LogP contribution < -0.4 is 10.5 Å². The highest BCUT2D eigenvalue weighted by molar-refractivity contribution is 5.36. The first-order valence-electron chi connectivity index (χ1n) is 6.65. The fourth-order valence-corrected chi connectivity index (χ4v) is 2.43. The van der Waals surface area contributed by atoms with Crippen LogP contribution in [0.2, 0.25) is 0 Å². The molecule has 0 spiro atoms. The summed E-state index contributed by atoms with van der Waals surface area (Å²) in [6.45, 7) is 5.01. The van der Waals surface area contributed by atoms with Crippen LogP contribution in [0.1, 0.15) is 43.7 Å². The van der Waals surface area contributed by atoms with Crippen molar-refractivity contribution >= 4 is 0 Å².